The molecule has 1 unspecified atom stereocenters. The summed E-state index contributed by atoms with van der Waals surface area (Å²) in [5.74, 6) is -0.00797. The van der Waals surface area contributed by atoms with Gasteiger partial charge in [-0.05, 0) is 12.5 Å². The molecule has 1 aliphatic rings. The molecule has 3 nitrogen and oxygen atoms in total. The van der Waals surface area contributed by atoms with Crippen LogP contribution in [0.3, 0.4) is 0 Å². The van der Waals surface area contributed by atoms with Crippen LogP contribution in [0.4, 0.5) is 0 Å². The van der Waals surface area contributed by atoms with E-state index in [-0.39, 0.29) is 23.2 Å². The van der Waals surface area contributed by atoms with Gasteiger partial charge in [-0.2, -0.15) is 0 Å². The molecule has 0 spiro atoms. The van der Waals surface area contributed by atoms with Crippen molar-refractivity contribution in [2.45, 2.75) is 26.2 Å². The Hall–Kier alpha value is -1.64. The molecule has 1 aromatic carbocycles. The van der Waals surface area contributed by atoms with Crippen LogP contribution in [0.15, 0.2) is 18.2 Å². The Morgan fingerprint density at radius 3 is 2.88 bits per heavy atom. The molecule has 0 aromatic heterocycles. The lowest BCUT2D eigenvalue weighted by Crippen LogP contribution is -2.13. The highest BCUT2D eigenvalue weighted by Crippen LogP contribution is 2.34. The highest BCUT2D eigenvalue weighted by atomic mass is 16.3. The van der Waals surface area contributed by atoms with Crippen molar-refractivity contribution in [3.8, 4) is 5.75 Å². The highest BCUT2D eigenvalue weighted by molar-refractivity contribution is 6.04. The average molecular weight is 218 g/mol. The molecule has 0 saturated heterocycles. The van der Waals surface area contributed by atoms with Crippen LogP contribution in [-0.4, -0.2) is 16.7 Å². The number of Topliss-reactive ketones (excluding diaryl/α,β-unsaturated/α-hetero) is 2. The SMILES string of the molecule is CCC(=O)CC1Cc2c(O)cccc2C1=O. The third-order valence-electron chi connectivity index (χ3n) is 3.11. The molecule has 1 aromatic rings. The molecule has 16 heavy (non-hydrogen) atoms. The maximum absolute atomic E-state index is 11.9. The minimum atomic E-state index is -0.268. The van der Waals surface area contributed by atoms with Crippen LogP contribution in [0.2, 0.25) is 0 Å². The Morgan fingerprint density at radius 2 is 2.25 bits per heavy atom. The number of hydrogen-bond acceptors (Lipinski definition) is 3. The van der Waals surface area contributed by atoms with Crippen LogP contribution in [0.5, 0.6) is 5.75 Å². The molecular formula is C13H14O3. The van der Waals surface area contributed by atoms with E-state index in [1.807, 2.05) is 0 Å². The first-order valence-corrected chi connectivity index (χ1v) is 5.50. The van der Waals surface area contributed by atoms with Gasteiger partial charge in [-0.15, -0.1) is 0 Å². The molecule has 1 N–H and O–H groups in total. The smallest absolute Gasteiger partial charge is 0.167 e. The zero-order chi connectivity index (χ0) is 11.7. The molecule has 1 atom stereocenters. The molecule has 0 bridgehead atoms. The summed E-state index contributed by atoms with van der Waals surface area (Å²) < 4.78 is 0. The van der Waals surface area contributed by atoms with E-state index in [1.54, 1.807) is 25.1 Å². The predicted octanol–water partition coefficient (Wildman–Crippen LogP) is 2.12. The largest absolute Gasteiger partial charge is 0.508 e. The second-order valence-corrected chi connectivity index (χ2v) is 4.16. The van der Waals surface area contributed by atoms with Crippen LogP contribution < -0.4 is 0 Å². The van der Waals surface area contributed by atoms with E-state index in [9.17, 15) is 14.7 Å². The summed E-state index contributed by atoms with van der Waals surface area (Å²) in [6.07, 6.45) is 1.25. The zero-order valence-corrected chi connectivity index (χ0v) is 9.19. The van der Waals surface area contributed by atoms with E-state index in [0.717, 1.165) is 0 Å². The lowest BCUT2D eigenvalue weighted by Gasteiger charge is -2.04. The van der Waals surface area contributed by atoms with Gasteiger partial charge in [0.2, 0.25) is 0 Å². The summed E-state index contributed by atoms with van der Waals surface area (Å²) in [7, 11) is 0. The van der Waals surface area contributed by atoms with Crippen molar-refractivity contribution in [1.82, 2.24) is 0 Å². The number of rotatable bonds is 3. The average Bonchev–Trinajstić information content (AvgIpc) is 2.58. The van der Waals surface area contributed by atoms with Crippen LogP contribution in [0, 0.1) is 5.92 Å². The summed E-state index contributed by atoms with van der Waals surface area (Å²) in [4.78, 5) is 23.3. The molecule has 3 heteroatoms. The lowest BCUT2D eigenvalue weighted by atomic mass is 9.97. The monoisotopic (exact) mass is 218 g/mol. The molecule has 0 amide bonds. The van der Waals surface area contributed by atoms with Crippen molar-refractivity contribution in [1.29, 1.82) is 0 Å². The van der Waals surface area contributed by atoms with Crippen LogP contribution in [0.25, 0.3) is 0 Å². The van der Waals surface area contributed by atoms with Crippen molar-refractivity contribution < 1.29 is 14.7 Å². The molecule has 1 aliphatic carbocycles. The fraction of sp³-hybridized carbons (Fsp3) is 0.385. The van der Waals surface area contributed by atoms with Gasteiger partial charge in [-0.3, -0.25) is 9.59 Å². The van der Waals surface area contributed by atoms with Crippen LogP contribution in [0.1, 0.15) is 35.7 Å². The third kappa shape index (κ3) is 1.73. The summed E-state index contributed by atoms with van der Waals surface area (Å²) in [5, 5.41) is 9.62. The summed E-state index contributed by atoms with van der Waals surface area (Å²) in [6, 6.07) is 4.96. The first-order valence-electron chi connectivity index (χ1n) is 5.50. The molecule has 0 saturated carbocycles. The Balaban J connectivity index is 2.24. The summed E-state index contributed by atoms with van der Waals surface area (Å²) in [5.41, 5.74) is 1.27. The first-order chi connectivity index (χ1) is 7.63. The van der Waals surface area contributed by atoms with Gasteiger partial charge in [0.05, 0.1) is 0 Å². The minimum absolute atomic E-state index is 0.00676. The molecule has 0 aliphatic heterocycles. The van der Waals surface area contributed by atoms with Crippen molar-refractivity contribution in [3.63, 3.8) is 0 Å². The number of aromatic hydroxyl groups is 1. The van der Waals surface area contributed by atoms with Gasteiger partial charge in [-0.25, -0.2) is 0 Å². The van der Waals surface area contributed by atoms with E-state index in [0.29, 0.717) is 30.4 Å². The maximum atomic E-state index is 11.9. The quantitative estimate of drug-likeness (QED) is 0.845. The molecule has 2 rings (SSSR count). The van der Waals surface area contributed by atoms with Crippen molar-refractivity contribution >= 4 is 11.6 Å². The molecule has 0 heterocycles. The number of carbonyl (C=O) groups excluding carboxylic acids is 2. The number of hydrogen-bond donors (Lipinski definition) is 1. The normalized spacial score (nSPS) is 18.6. The van der Waals surface area contributed by atoms with Gasteiger partial charge < -0.3 is 5.11 Å². The van der Waals surface area contributed by atoms with Crippen molar-refractivity contribution in [2.24, 2.45) is 5.92 Å². The van der Waals surface area contributed by atoms with Gasteiger partial charge in [0, 0.05) is 29.9 Å². The fourth-order valence-electron chi connectivity index (χ4n) is 2.16. The molecule has 0 fully saturated rings. The Bertz CT molecular complexity index is 448. The Labute approximate surface area is 94.1 Å². The number of ketones is 2. The van der Waals surface area contributed by atoms with E-state index >= 15 is 0 Å². The minimum Gasteiger partial charge on any atom is -0.508 e. The first kappa shape index (κ1) is 10.9. The topological polar surface area (TPSA) is 54.4 Å². The second-order valence-electron chi connectivity index (χ2n) is 4.16. The summed E-state index contributed by atoms with van der Waals surface area (Å²) in [6.45, 7) is 1.80. The number of phenols is 1. The maximum Gasteiger partial charge on any atom is 0.167 e. The third-order valence-corrected chi connectivity index (χ3v) is 3.11. The number of fused-ring (bicyclic) bond motifs is 1. The van der Waals surface area contributed by atoms with Crippen molar-refractivity contribution in [2.75, 3.05) is 0 Å². The fourth-order valence-corrected chi connectivity index (χ4v) is 2.16. The van der Waals surface area contributed by atoms with Gasteiger partial charge in [0.1, 0.15) is 11.5 Å². The van der Waals surface area contributed by atoms with Gasteiger partial charge in [0.25, 0.3) is 0 Å². The number of carbonyl (C=O) groups is 2. The lowest BCUT2D eigenvalue weighted by molar-refractivity contribution is -0.119. The van der Waals surface area contributed by atoms with E-state index in [2.05, 4.69) is 0 Å². The number of phenolic OH excluding ortho intramolecular Hbond substituents is 1. The van der Waals surface area contributed by atoms with E-state index in [1.165, 1.54) is 0 Å². The van der Waals surface area contributed by atoms with E-state index < -0.39 is 0 Å². The van der Waals surface area contributed by atoms with Gasteiger partial charge in [-0.1, -0.05) is 19.1 Å². The molecule has 84 valence electrons. The Kier molecular flexibility index (Phi) is 2.77. The second kappa shape index (κ2) is 4.08. The highest BCUT2D eigenvalue weighted by Gasteiger charge is 2.33. The number of benzene rings is 1. The van der Waals surface area contributed by atoms with Crippen molar-refractivity contribution in [3.05, 3.63) is 29.3 Å². The Morgan fingerprint density at radius 1 is 1.50 bits per heavy atom. The van der Waals surface area contributed by atoms with Gasteiger partial charge >= 0.3 is 0 Å². The van der Waals surface area contributed by atoms with Crippen LogP contribution >= 0.6 is 0 Å². The standard InChI is InChI=1S/C13H14O3/c1-2-9(14)6-8-7-11-10(13(8)16)4-3-5-12(11)15/h3-5,8,15H,2,6-7H2,1H3. The van der Waals surface area contributed by atoms with Gasteiger partial charge in [0.15, 0.2) is 5.78 Å². The zero-order valence-electron chi connectivity index (χ0n) is 9.19. The van der Waals surface area contributed by atoms with Crippen LogP contribution in [-0.2, 0) is 11.2 Å². The summed E-state index contributed by atoms with van der Waals surface area (Å²) >= 11 is 0. The molecular weight excluding hydrogens is 204 g/mol. The van der Waals surface area contributed by atoms with E-state index in [4.69, 9.17) is 0 Å². The predicted molar refractivity (Wildman–Crippen MR) is 59.5 cm³/mol. The molecule has 0 radical (unpaired) electrons.